The lowest BCUT2D eigenvalue weighted by molar-refractivity contribution is 0.557. The zero-order valence-corrected chi connectivity index (χ0v) is 12.0. The molecule has 0 bridgehead atoms. The highest BCUT2D eigenvalue weighted by Gasteiger charge is 2.23. The number of hydrogen-bond donors (Lipinski definition) is 1. The molecule has 0 aliphatic carbocycles. The van der Waals surface area contributed by atoms with Gasteiger partial charge in [-0.3, -0.25) is 0 Å². The van der Waals surface area contributed by atoms with E-state index in [1.807, 2.05) is 12.1 Å². The molecule has 0 atom stereocenters. The predicted octanol–water partition coefficient (Wildman–Crippen LogP) is 4.14. The molecule has 0 saturated carbocycles. The summed E-state index contributed by atoms with van der Waals surface area (Å²) in [6, 6.07) is 5.93. The molecular weight excluding hydrogens is 244 g/mol. The molecule has 0 amide bonds. The smallest absolute Gasteiger partial charge is 0.0656 e. The minimum absolute atomic E-state index is 0.656. The van der Waals surface area contributed by atoms with Gasteiger partial charge in [-0.15, -0.1) is 0 Å². The standard InChI is InChI=1S/C15H22ClN2/c1-11(2)3-4-12-7-8-18(10-12)13-5-6-15(17)14(16)9-13/h5-6,9,11H,3-4,7-8,10,17H2,1-2H3. The van der Waals surface area contributed by atoms with Gasteiger partial charge in [-0.05, 0) is 42.9 Å². The van der Waals surface area contributed by atoms with Crippen LogP contribution in [0.25, 0.3) is 0 Å². The Bertz CT molecular complexity index is 403. The molecule has 1 aromatic rings. The third-order valence-corrected chi connectivity index (χ3v) is 3.90. The summed E-state index contributed by atoms with van der Waals surface area (Å²) in [5, 5.41) is 0.656. The summed E-state index contributed by atoms with van der Waals surface area (Å²) < 4.78 is 0. The molecule has 0 aromatic heterocycles. The Labute approximate surface area is 115 Å². The van der Waals surface area contributed by atoms with Gasteiger partial charge >= 0.3 is 0 Å². The molecule has 1 aliphatic heterocycles. The van der Waals surface area contributed by atoms with Crippen LogP contribution in [0.4, 0.5) is 11.4 Å². The van der Waals surface area contributed by atoms with E-state index in [1.165, 1.54) is 24.9 Å². The number of rotatable bonds is 4. The second-order valence-electron chi connectivity index (χ2n) is 5.56. The summed E-state index contributed by atoms with van der Waals surface area (Å²) >= 11 is 6.07. The second-order valence-corrected chi connectivity index (χ2v) is 5.97. The van der Waals surface area contributed by atoms with E-state index in [0.717, 1.165) is 19.0 Å². The van der Waals surface area contributed by atoms with Crippen LogP contribution < -0.4 is 10.6 Å². The quantitative estimate of drug-likeness (QED) is 0.829. The number of anilines is 2. The predicted molar refractivity (Wildman–Crippen MR) is 80.0 cm³/mol. The Morgan fingerprint density at radius 3 is 2.83 bits per heavy atom. The first-order valence-electron chi connectivity index (χ1n) is 6.70. The molecule has 1 saturated heterocycles. The Kier molecular flexibility index (Phi) is 4.39. The molecule has 1 aliphatic rings. The van der Waals surface area contributed by atoms with Gasteiger partial charge in [-0.1, -0.05) is 31.9 Å². The number of benzene rings is 1. The monoisotopic (exact) mass is 265 g/mol. The van der Waals surface area contributed by atoms with Gasteiger partial charge in [0.1, 0.15) is 0 Å². The molecule has 1 radical (unpaired) electrons. The van der Waals surface area contributed by atoms with E-state index in [2.05, 4.69) is 24.8 Å². The van der Waals surface area contributed by atoms with Crippen molar-refractivity contribution in [2.75, 3.05) is 23.7 Å². The Morgan fingerprint density at radius 1 is 1.39 bits per heavy atom. The van der Waals surface area contributed by atoms with Crippen LogP contribution in [0, 0.1) is 11.8 Å². The van der Waals surface area contributed by atoms with Crippen LogP contribution in [-0.2, 0) is 0 Å². The zero-order valence-electron chi connectivity index (χ0n) is 11.2. The summed E-state index contributed by atoms with van der Waals surface area (Å²) in [5.41, 5.74) is 7.58. The Balaban J connectivity index is 1.93. The van der Waals surface area contributed by atoms with Crippen LogP contribution in [0.1, 0.15) is 33.1 Å². The lowest BCUT2D eigenvalue weighted by Gasteiger charge is -2.19. The normalized spacial score (nSPS) is 16.8. The van der Waals surface area contributed by atoms with Crippen LogP contribution in [0.2, 0.25) is 5.02 Å². The molecule has 1 fully saturated rings. The van der Waals surface area contributed by atoms with Crippen molar-refractivity contribution in [2.45, 2.75) is 33.1 Å². The highest BCUT2D eigenvalue weighted by atomic mass is 35.5. The van der Waals surface area contributed by atoms with Gasteiger partial charge in [0, 0.05) is 18.8 Å². The van der Waals surface area contributed by atoms with Crippen molar-refractivity contribution in [3.8, 4) is 0 Å². The molecule has 2 nitrogen and oxygen atoms in total. The van der Waals surface area contributed by atoms with Crippen molar-refractivity contribution in [3.05, 3.63) is 29.1 Å². The van der Waals surface area contributed by atoms with Crippen LogP contribution in [0.3, 0.4) is 0 Å². The topological polar surface area (TPSA) is 29.3 Å². The summed E-state index contributed by atoms with van der Waals surface area (Å²) in [5.74, 6) is 2.45. The fraction of sp³-hybridized carbons (Fsp3) is 0.533. The molecule has 0 unspecified atom stereocenters. The first-order valence-corrected chi connectivity index (χ1v) is 7.07. The highest BCUT2D eigenvalue weighted by Crippen LogP contribution is 2.31. The van der Waals surface area contributed by atoms with E-state index < -0.39 is 0 Å². The van der Waals surface area contributed by atoms with Crippen LogP contribution in [0.15, 0.2) is 18.2 Å². The maximum atomic E-state index is 6.07. The summed E-state index contributed by atoms with van der Waals surface area (Å²) in [6.07, 6.45) is 3.78. The SMILES string of the molecule is CC(C)CC[C]1CCN(c2ccc(N)c(Cl)c2)C1. The maximum absolute atomic E-state index is 6.07. The van der Waals surface area contributed by atoms with Gasteiger partial charge in [-0.2, -0.15) is 0 Å². The van der Waals surface area contributed by atoms with Crippen molar-refractivity contribution in [3.63, 3.8) is 0 Å². The van der Waals surface area contributed by atoms with Gasteiger partial charge in [0.05, 0.1) is 10.7 Å². The molecule has 99 valence electrons. The van der Waals surface area contributed by atoms with Crippen molar-refractivity contribution < 1.29 is 0 Å². The molecule has 18 heavy (non-hydrogen) atoms. The number of halogens is 1. The lowest BCUT2D eigenvalue weighted by Crippen LogP contribution is -2.19. The molecular formula is C15H22ClN2. The van der Waals surface area contributed by atoms with Gasteiger partial charge in [0.2, 0.25) is 0 Å². The zero-order chi connectivity index (χ0) is 13.1. The summed E-state index contributed by atoms with van der Waals surface area (Å²) in [4.78, 5) is 2.39. The average molecular weight is 266 g/mol. The molecule has 0 spiro atoms. The highest BCUT2D eigenvalue weighted by molar-refractivity contribution is 6.33. The molecule has 2 N–H and O–H groups in total. The summed E-state index contributed by atoms with van der Waals surface area (Å²) in [6.45, 7) is 6.75. The molecule has 3 heteroatoms. The number of hydrogen-bond acceptors (Lipinski definition) is 2. The van der Waals surface area contributed by atoms with Gasteiger partial charge in [-0.25, -0.2) is 0 Å². The summed E-state index contributed by atoms with van der Waals surface area (Å²) in [7, 11) is 0. The minimum Gasteiger partial charge on any atom is -0.398 e. The van der Waals surface area contributed by atoms with E-state index >= 15 is 0 Å². The fourth-order valence-corrected chi connectivity index (χ4v) is 2.53. The first kappa shape index (κ1) is 13.5. The maximum Gasteiger partial charge on any atom is 0.0656 e. The van der Waals surface area contributed by atoms with Crippen LogP contribution in [0.5, 0.6) is 0 Å². The van der Waals surface area contributed by atoms with Gasteiger partial charge in [0.15, 0.2) is 0 Å². The van der Waals surface area contributed by atoms with Gasteiger partial charge < -0.3 is 10.6 Å². The number of nitrogens with zero attached hydrogens (tertiary/aromatic N) is 1. The Morgan fingerprint density at radius 2 is 2.17 bits per heavy atom. The van der Waals surface area contributed by atoms with E-state index in [1.54, 1.807) is 5.92 Å². The van der Waals surface area contributed by atoms with Gasteiger partial charge in [0.25, 0.3) is 0 Å². The second kappa shape index (κ2) is 5.83. The lowest BCUT2D eigenvalue weighted by atomic mass is 9.97. The van der Waals surface area contributed by atoms with Crippen molar-refractivity contribution in [1.29, 1.82) is 0 Å². The van der Waals surface area contributed by atoms with E-state index in [9.17, 15) is 0 Å². The largest absolute Gasteiger partial charge is 0.398 e. The van der Waals surface area contributed by atoms with Crippen molar-refractivity contribution in [2.24, 2.45) is 5.92 Å². The van der Waals surface area contributed by atoms with E-state index in [0.29, 0.717) is 10.7 Å². The van der Waals surface area contributed by atoms with Crippen LogP contribution >= 0.6 is 11.6 Å². The molecule has 1 aromatic carbocycles. The fourth-order valence-electron chi connectivity index (χ4n) is 2.35. The van der Waals surface area contributed by atoms with E-state index in [4.69, 9.17) is 17.3 Å². The van der Waals surface area contributed by atoms with E-state index in [-0.39, 0.29) is 0 Å². The number of nitrogen functional groups attached to an aromatic ring is 1. The third-order valence-electron chi connectivity index (χ3n) is 3.57. The third kappa shape index (κ3) is 3.32. The minimum atomic E-state index is 0.656. The molecule has 1 heterocycles. The number of nitrogens with two attached hydrogens (primary N) is 1. The van der Waals surface area contributed by atoms with Crippen molar-refractivity contribution in [1.82, 2.24) is 0 Å². The van der Waals surface area contributed by atoms with Crippen LogP contribution in [-0.4, -0.2) is 13.1 Å². The molecule has 2 rings (SSSR count). The average Bonchev–Trinajstić information content (AvgIpc) is 2.79. The Hall–Kier alpha value is -0.890. The van der Waals surface area contributed by atoms with Crippen molar-refractivity contribution >= 4 is 23.0 Å². The first-order chi connectivity index (χ1) is 8.56.